The predicted octanol–water partition coefficient (Wildman–Crippen LogP) is 15.6. The van der Waals surface area contributed by atoms with E-state index < -0.39 is 18.2 Å². The number of esters is 1. The van der Waals surface area contributed by atoms with Crippen molar-refractivity contribution in [3.63, 3.8) is 0 Å². The third-order valence-corrected chi connectivity index (χ3v) is 11.7. The Morgan fingerprint density at radius 2 is 0.852 bits per heavy atom. The first-order valence-electron chi connectivity index (χ1n) is 26.1. The lowest BCUT2D eigenvalue weighted by molar-refractivity contribution is -0.150. The molecule has 0 saturated carbocycles. The minimum absolute atomic E-state index is 0.0170. The van der Waals surface area contributed by atoms with Crippen molar-refractivity contribution in [2.45, 2.75) is 270 Å². The van der Waals surface area contributed by atoms with Crippen molar-refractivity contribution in [1.82, 2.24) is 5.32 Å². The molecule has 0 saturated heterocycles. The second kappa shape index (κ2) is 48.6. The van der Waals surface area contributed by atoms with Gasteiger partial charge in [-0.05, 0) is 19.3 Å². The van der Waals surface area contributed by atoms with Crippen molar-refractivity contribution in [3.05, 3.63) is 60.8 Å². The number of allylic oxidation sites excluding steroid dienone is 9. The maximum absolute atomic E-state index is 13.2. The highest BCUT2D eigenvalue weighted by molar-refractivity contribution is 5.77. The lowest BCUT2D eigenvalue weighted by atomic mass is 10.0. The van der Waals surface area contributed by atoms with E-state index in [2.05, 4.69) is 32.2 Å². The summed E-state index contributed by atoms with van der Waals surface area (Å²) in [4.78, 5) is 26.1. The van der Waals surface area contributed by atoms with Crippen LogP contribution in [0.15, 0.2) is 60.8 Å². The van der Waals surface area contributed by atoms with Gasteiger partial charge in [-0.25, -0.2) is 0 Å². The second-order valence-electron chi connectivity index (χ2n) is 17.7. The van der Waals surface area contributed by atoms with Gasteiger partial charge in [-0.15, -0.1) is 0 Å². The Morgan fingerprint density at radius 1 is 0.492 bits per heavy atom. The fourth-order valence-corrected chi connectivity index (χ4v) is 7.81. The van der Waals surface area contributed by atoms with Gasteiger partial charge in [0.05, 0.1) is 25.2 Å². The van der Waals surface area contributed by atoms with Crippen LogP contribution in [0.3, 0.4) is 0 Å². The van der Waals surface area contributed by atoms with Gasteiger partial charge in [0.15, 0.2) is 0 Å². The Labute approximate surface area is 378 Å². The summed E-state index contributed by atoms with van der Waals surface area (Å²) < 4.78 is 5.84. The molecule has 0 aromatic rings. The molecule has 3 atom stereocenters. The molecule has 0 bridgehead atoms. The summed E-state index contributed by atoms with van der Waals surface area (Å²) in [5.74, 6) is -0.600. The first-order chi connectivity index (χ1) is 30.0. The van der Waals surface area contributed by atoms with Crippen molar-refractivity contribution < 1.29 is 24.5 Å². The number of ether oxygens (including phenoxy) is 1. The zero-order valence-corrected chi connectivity index (χ0v) is 40.3. The van der Waals surface area contributed by atoms with Crippen LogP contribution in [0.4, 0.5) is 0 Å². The third-order valence-electron chi connectivity index (χ3n) is 11.7. The van der Waals surface area contributed by atoms with Gasteiger partial charge in [0.25, 0.3) is 0 Å². The number of nitrogens with one attached hydrogen (secondary N) is 1. The van der Waals surface area contributed by atoms with Crippen LogP contribution in [0.5, 0.6) is 0 Å². The second-order valence-corrected chi connectivity index (χ2v) is 17.7. The summed E-state index contributed by atoms with van der Waals surface area (Å²) in [5.41, 5.74) is 0. The van der Waals surface area contributed by atoms with Gasteiger partial charge >= 0.3 is 5.97 Å². The highest BCUT2D eigenvalue weighted by Crippen LogP contribution is 2.17. The molecule has 0 aliphatic carbocycles. The molecule has 6 heteroatoms. The first kappa shape index (κ1) is 58.6. The predicted molar refractivity (Wildman–Crippen MR) is 264 cm³/mol. The molecular formula is C55H99NO5. The van der Waals surface area contributed by atoms with E-state index in [1.165, 1.54) is 161 Å². The molecule has 0 aromatic carbocycles. The maximum atomic E-state index is 13.2. The zero-order chi connectivity index (χ0) is 44.5. The van der Waals surface area contributed by atoms with Gasteiger partial charge in [-0.3, -0.25) is 9.59 Å². The molecule has 0 rings (SSSR count). The molecule has 3 N–H and O–H groups in total. The number of aliphatic hydroxyl groups excluding tert-OH is 2. The van der Waals surface area contributed by atoms with Crippen molar-refractivity contribution in [3.8, 4) is 0 Å². The molecule has 0 aliphatic rings. The molecule has 0 radical (unpaired) electrons. The van der Waals surface area contributed by atoms with Crippen LogP contribution in [0.2, 0.25) is 0 Å². The summed E-state index contributed by atoms with van der Waals surface area (Å²) in [6, 6.07) is -0.738. The molecule has 0 aliphatic heterocycles. The Balaban J connectivity index is 4.58. The van der Waals surface area contributed by atoms with Gasteiger partial charge in [0, 0.05) is 12.8 Å². The van der Waals surface area contributed by atoms with E-state index in [4.69, 9.17) is 4.74 Å². The highest BCUT2D eigenvalue weighted by Gasteiger charge is 2.23. The van der Waals surface area contributed by atoms with Crippen molar-refractivity contribution in [2.24, 2.45) is 0 Å². The molecular weight excluding hydrogens is 755 g/mol. The molecule has 354 valence electrons. The number of aliphatic hydroxyl groups is 2. The van der Waals surface area contributed by atoms with Crippen LogP contribution in [0.1, 0.15) is 252 Å². The number of hydrogen-bond acceptors (Lipinski definition) is 5. The molecule has 1 amide bonds. The number of carbonyl (C=O) groups excluding carboxylic acids is 2. The van der Waals surface area contributed by atoms with Crippen LogP contribution in [-0.4, -0.2) is 46.9 Å². The number of hydrogen-bond donors (Lipinski definition) is 3. The summed E-state index contributed by atoms with van der Waals surface area (Å²) in [7, 11) is 0. The topological polar surface area (TPSA) is 95.9 Å². The fraction of sp³-hybridized carbons (Fsp3) is 0.782. The van der Waals surface area contributed by atoms with E-state index in [1.807, 2.05) is 54.7 Å². The fourth-order valence-electron chi connectivity index (χ4n) is 7.81. The summed E-state index contributed by atoms with van der Waals surface area (Å²) in [6.45, 7) is 6.31. The normalized spacial score (nSPS) is 13.7. The summed E-state index contributed by atoms with van der Waals surface area (Å²) in [5, 5.41) is 23.7. The van der Waals surface area contributed by atoms with Crippen LogP contribution in [0.25, 0.3) is 0 Å². The van der Waals surface area contributed by atoms with Gasteiger partial charge in [-0.2, -0.15) is 0 Å². The minimum atomic E-state index is -0.817. The quantitative estimate of drug-likeness (QED) is 0.0322. The largest absolute Gasteiger partial charge is 0.461 e. The summed E-state index contributed by atoms with van der Waals surface area (Å²) in [6.07, 6.45) is 60.3. The van der Waals surface area contributed by atoms with Crippen LogP contribution < -0.4 is 5.32 Å². The lowest BCUT2D eigenvalue weighted by Crippen LogP contribution is -2.46. The third kappa shape index (κ3) is 44.0. The minimum Gasteiger partial charge on any atom is -0.461 e. The SMILES string of the molecule is CC/C=C/C=C/C=C\C=C/C=C/CC(CC(=O)NC(CO)C(O)CCCCCCCCCCCCCCCC)OC(=O)CCCCCCCCCCCCCCCCCCC. The average molecular weight is 854 g/mol. The molecule has 61 heavy (non-hydrogen) atoms. The van der Waals surface area contributed by atoms with Crippen molar-refractivity contribution in [1.29, 1.82) is 0 Å². The molecule has 0 aromatic heterocycles. The van der Waals surface area contributed by atoms with Gasteiger partial charge < -0.3 is 20.3 Å². The maximum Gasteiger partial charge on any atom is 0.306 e. The van der Waals surface area contributed by atoms with Crippen LogP contribution in [-0.2, 0) is 14.3 Å². The number of carbonyl (C=O) groups is 2. The Hall–Kier alpha value is -2.44. The van der Waals surface area contributed by atoms with Gasteiger partial charge in [-0.1, -0.05) is 274 Å². The number of amides is 1. The van der Waals surface area contributed by atoms with Gasteiger partial charge in [0.2, 0.25) is 5.91 Å². The van der Waals surface area contributed by atoms with E-state index in [0.717, 1.165) is 44.9 Å². The molecule has 0 spiro atoms. The van der Waals surface area contributed by atoms with Gasteiger partial charge in [0.1, 0.15) is 6.10 Å². The molecule has 0 heterocycles. The van der Waals surface area contributed by atoms with E-state index in [-0.39, 0.29) is 24.9 Å². The van der Waals surface area contributed by atoms with Crippen LogP contribution in [0, 0.1) is 0 Å². The number of rotatable bonds is 46. The lowest BCUT2D eigenvalue weighted by Gasteiger charge is -2.24. The molecule has 0 fully saturated rings. The van der Waals surface area contributed by atoms with Crippen molar-refractivity contribution in [2.75, 3.05) is 6.61 Å². The average Bonchev–Trinajstić information content (AvgIpc) is 3.25. The van der Waals surface area contributed by atoms with E-state index in [1.54, 1.807) is 0 Å². The van der Waals surface area contributed by atoms with E-state index in [9.17, 15) is 19.8 Å². The zero-order valence-electron chi connectivity index (χ0n) is 40.3. The standard InChI is InChI=1S/C55H99NO5/c1-4-7-10-13-16-19-22-24-26-27-28-30-33-36-39-42-45-48-55(60)61-51(46-43-40-37-34-31-21-18-15-12-9-6-3)49-54(59)56-52(50-57)53(58)47-44-41-38-35-32-29-25-23-20-17-14-11-8-5-2/h9,12,15,18,21,31,34,37,40,43,51-53,57-58H,4-8,10-11,13-14,16-17,19-20,22-30,32-33,35-36,38-39,41-42,44-50H2,1-3H3,(H,56,59)/b12-9+,18-15+,31-21-,37-34-,43-40+. The Morgan fingerprint density at radius 3 is 1.25 bits per heavy atom. The smallest absolute Gasteiger partial charge is 0.306 e. The summed E-state index contributed by atoms with van der Waals surface area (Å²) >= 11 is 0. The highest BCUT2D eigenvalue weighted by atomic mass is 16.5. The molecule has 3 unspecified atom stereocenters. The Kier molecular flexibility index (Phi) is 46.6. The van der Waals surface area contributed by atoms with Crippen molar-refractivity contribution >= 4 is 11.9 Å². The monoisotopic (exact) mass is 854 g/mol. The Bertz CT molecular complexity index is 1090. The van der Waals surface area contributed by atoms with E-state index >= 15 is 0 Å². The molecule has 6 nitrogen and oxygen atoms in total. The first-order valence-corrected chi connectivity index (χ1v) is 26.1. The number of unbranched alkanes of at least 4 members (excludes halogenated alkanes) is 29. The van der Waals surface area contributed by atoms with Crippen LogP contribution >= 0.6 is 0 Å². The van der Waals surface area contributed by atoms with E-state index in [0.29, 0.717) is 19.3 Å².